The first kappa shape index (κ1) is 9.55. The Bertz CT molecular complexity index is 464. The number of ether oxygens (including phenoxy) is 1. The molecule has 0 saturated carbocycles. The maximum absolute atomic E-state index is 9.08. The summed E-state index contributed by atoms with van der Waals surface area (Å²) in [4.78, 5) is 3.11. The number of nitrogens with one attached hydrogen (secondary N) is 1. The monoisotopic (exact) mass is 255 g/mol. The van der Waals surface area contributed by atoms with E-state index < -0.39 is 0 Å². The van der Waals surface area contributed by atoms with E-state index in [2.05, 4.69) is 20.9 Å². The van der Waals surface area contributed by atoms with Gasteiger partial charge in [-0.2, -0.15) is 0 Å². The van der Waals surface area contributed by atoms with Crippen molar-refractivity contribution < 1.29 is 9.84 Å². The van der Waals surface area contributed by atoms with Crippen molar-refractivity contribution in [3.63, 3.8) is 0 Å². The van der Waals surface area contributed by atoms with E-state index in [4.69, 9.17) is 9.84 Å². The smallest absolute Gasteiger partial charge is 0.142 e. The standard InChI is InChI=1S/C10H10BrNO2/c1-14-8-4-2-3-6-9(11)7(5-13)12-10(6)8/h2-4,12-13H,5H2,1H3. The molecule has 0 bridgehead atoms. The van der Waals surface area contributed by atoms with Crippen LogP contribution in [0.4, 0.5) is 0 Å². The Morgan fingerprint density at radius 3 is 2.93 bits per heavy atom. The predicted octanol–water partition coefficient (Wildman–Crippen LogP) is 2.43. The third-order valence-electron chi connectivity index (χ3n) is 2.18. The number of aliphatic hydroxyl groups is 1. The number of methoxy groups -OCH3 is 1. The van der Waals surface area contributed by atoms with Crippen LogP contribution in [-0.4, -0.2) is 17.2 Å². The van der Waals surface area contributed by atoms with E-state index in [-0.39, 0.29) is 6.61 Å². The highest BCUT2D eigenvalue weighted by molar-refractivity contribution is 9.10. The average Bonchev–Trinajstić information content (AvgIpc) is 2.55. The maximum Gasteiger partial charge on any atom is 0.142 e. The molecule has 0 fully saturated rings. The molecule has 0 atom stereocenters. The lowest BCUT2D eigenvalue weighted by Gasteiger charge is -1.99. The minimum absolute atomic E-state index is 0.0155. The van der Waals surface area contributed by atoms with Gasteiger partial charge in [-0.05, 0) is 22.0 Å². The summed E-state index contributed by atoms with van der Waals surface area (Å²) in [5.41, 5.74) is 1.68. The number of aromatic nitrogens is 1. The first-order valence-corrected chi connectivity index (χ1v) is 5.01. The molecule has 0 amide bonds. The third-order valence-corrected chi connectivity index (χ3v) is 3.09. The number of para-hydroxylation sites is 1. The Morgan fingerprint density at radius 2 is 2.29 bits per heavy atom. The van der Waals surface area contributed by atoms with Crippen molar-refractivity contribution in [3.05, 3.63) is 28.4 Å². The van der Waals surface area contributed by atoms with Gasteiger partial charge in [0.05, 0.1) is 24.9 Å². The number of fused-ring (bicyclic) bond motifs is 1. The SMILES string of the molecule is COc1cccc2c(Br)c(CO)[nH]c12. The molecule has 0 radical (unpaired) electrons. The Kier molecular flexibility index (Phi) is 2.48. The summed E-state index contributed by atoms with van der Waals surface area (Å²) in [6.07, 6.45) is 0. The fraction of sp³-hybridized carbons (Fsp3) is 0.200. The number of hydrogen-bond donors (Lipinski definition) is 2. The zero-order valence-electron chi connectivity index (χ0n) is 7.67. The van der Waals surface area contributed by atoms with Gasteiger partial charge in [-0.3, -0.25) is 0 Å². The zero-order chi connectivity index (χ0) is 10.1. The van der Waals surface area contributed by atoms with Crippen LogP contribution in [0.15, 0.2) is 22.7 Å². The number of benzene rings is 1. The van der Waals surface area contributed by atoms with Crippen LogP contribution in [0.25, 0.3) is 10.9 Å². The molecule has 3 nitrogen and oxygen atoms in total. The van der Waals surface area contributed by atoms with Crippen molar-refractivity contribution >= 4 is 26.8 Å². The summed E-state index contributed by atoms with van der Waals surface area (Å²) in [7, 11) is 1.63. The third kappa shape index (κ3) is 1.31. The van der Waals surface area contributed by atoms with Crippen molar-refractivity contribution in [2.75, 3.05) is 7.11 Å². The molecule has 1 aromatic carbocycles. The minimum Gasteiger partial charge on any atom is -0.495 e. The molecule has 0 aliphatic carbocycles. The molecule has 74 valence electrons. The van der Waals surface area contributed by atoms with E-state index in [0.29, 0.717) is 0 Å². The van der Waals surface area contributed by atoms with Crippen LogP contribution in [0.5, 0.6) is 5.75 Å². The zero-order valence-corrected chi connectivity index (χ0v) is 9.26. The maximum atomic E-state index is 9.08. The Hall–Kier alpha value is -1.00. The summed E-state index contributed by atoms with van der Waals surface area (Å²) in [6.45, 7) is -0.0155. The normalized spacial score (nSPS) is 10.8. The fourth-order valence-corrected chi connectivity index (χ4v) is 2.05. The van der Waals surface area contributed by atoms with E-state index in [1.54, 1.807) is 7.11 Å². The van der Waals surface area contributed by atoms with Crippen LogP contribution in [0.1, 0.15) is 5.69 Å². The lowest BCUT2D eigenvalue weighted by molar-refractivity contribution is 0.277. The van der Waals surface area contributed by atoms with E-state index in [0.717, 1.165) is 26.8 Å². The van der Waals surface area contributed by atoms with E-state index in [1.165, 1.54) is 0 Å². The van der Waals surface area contributed by atoms with Crippen LogP contribution in [0, 0.1) is 0 Å². The first-order valence-electron chi connectivity index (χ1n) is 4.22. The summed E-state index contributed by atoms with van der Waals surface area (Å²) >= 11 is 3.43. The molecule has 1 aromatic heterocycles. The van der Waals surface area contributed by atoms with Gasteiger partial charge in [-0.1, -0.05) is 12.1 Å². The van der Waals surface area contributed by atoms with Gasteiger partial charge in [-0.15, -0.1) is 0 Å². The number of H-pyrrole nitrogens is 1. The average molecular weight is 256 g/mol. The summed E-state index contributed by atoms with van der Waals surface area (Å²) in [5, 5.41) is 10.1. The lowest BCUT2D eigenvalue weighted by Crippen LogP contribution is -1.84. The van der Waals surface area contributed by atoms with Gasteiger partial charge in [-0.25, -0.2) is 0 Å². The Labute approximate surface area is 89.8 Å². The van der Waals surface area contributed by atoms with E-state index in [9.17, 15) is 0 Å². The van der Waals surface area contributed by atoms with Crippen molar-refractivity contribution in [3.8, 4) is 5.75 Å². The quantitative estimate of drug-likeness (QED) is 0.866. The number of aromatic amines is 1. The predicted molar refractivity (Wildman–Crippen MR) is 58.5 cm³/mol. The van der Waals surface area contributed by atoms with Crippen LogP contribution >= 0.6 is 15.9 Å². The van der Waals surface area contributed by atoms with Gasteiger partial charge in [0.25, 0.3) is 0 Å². The lowest BCUT2D eigenvalue weighted by atomic mass is 10.2. The molecule has 0 saturated heterocycles. The van der Waals surface area contributed by atoms with Crippen molar-refractivity contribution in [1.82, 2.24) is 4.98 Å². The molecule has 2 rings (SSSR count). The van der Waals surface area contributed by atoms with Crippen LogP contribution in [0.3, 0.4) is 0 Å². The second-order valence-corrected chi connectivity index (χ2v) is 3.75. The van der Waals surface area contributed by atoms with Gasteiger partial charge in [0.2, 0.25) is 0 Å². The number of halogens is 1. The van der Waals surface area contributed by atoms with Crippen molar-refractivity contribution in [1.29, 1.82) is 0 Å². The van der Waals surface area contributed by atoms with Crippen LogP contribution in [-0.2, 0) is 6.61 Å². The molecule has 0 unspecified atom stereocenters. The molecule has 2 N–H and O–H groups in total. The molecular weight excluding hydrogens is 246 g/mol. The molecule has 1 heterocycles. The van der Waals surface area contributed by atoms with E-state index >= 15 is 0 Å². The minimum atomic E-state index is -0.0155. The Morgan fingerprint density at radius 1 is 1.50 bits per heavy atom. The first-order chi connectivity index (χ1) is 6.77. The second-order valence-electron chi connectivity index (χ2n) is 2.96. The Balaban J connectivity index is 2.77. The van der Waals surface area contributed by atoms with Crippen molar-refractivity contribution in [2.24, 2.45) is 0 Å². The highest BCUT2D eigenvalue weighted by Crippen LogP contribution is 2.33. The summed E-state index contributed by atoms with van der Waals surface area (Å²) in [5.74, 6) is 0.780. The van der Waals surface area contributed by atoms with Gasteiger partial charge in [0.15, 0.2) is 0 Å². The number of rotatable bonds is 2. The van der Waals surface area contributed by atoms with Gasteiger partial charge >= 0.3 is 0 Å². The summed E-state index contributed by atoms with van der Waals surface area (Å²) in [6, 6.07) is 5.77. The highest BCUT2D eigenvalue weighted by Gasteiger charge is 2.10. The van der Waals surface area contributed by atoms with E-state index in [1.807, 2.05) is 18.2 Å². The number of aliphatic hydroxyl groups excluding tert-OH is 1. The fourth-order valence-electron chi connectivity index (χ4n) is 1.49. The molecule has 0 spiro atoms. The molecule has 0 aliphatic rings. The van der Waals surface area contributed by atoms with Gasteiger partial charge in [0.1, 0.15) is 5.75 Å². The topological polar surface area (TPSA) is 45.2 Å². The molecular formula is C10H10BrNO2. The van der Waals surface area contributed by atoms with Crippen LogP contribution < -0.4 is 4.74 Å². The second kappa shape index (κ2) is 3.63. The molecule has 0 aliphatic heterocycles. The van der Waals surface area contributed by atoms with Crippen molar-refractivity contribution in [2.45, 2.75) is 6.61 Å². The van der Waals surface area contributed by atoms with Gasteiger partial charge in [0, 0.05) is 9.86 Å². The van der Waals surface area contributed by atoms with Crippen LogP contribution in [0.2, 0.25) is 0 Å². The highest BCUT2D eigenvalue weighted by atomic mass is 79.9. The molecule has 2 aromatic rings. The molecule has 14 heavy (non-hydrogen) atoms. The van der Waals surface area contributed by atoms with Gasteiger partial charge < -0.3 is 14.8 Å². The molecule has 4 heteroatoms. The summed E-state index contributed by atoms with van der Waals surface area (Å²) < 4.78 is 6.10. The largest absolute Gasteiger partial charge is 0.495 e. The number of hydrogen-bond acceptors (Lipinski definition) is 2.